The molecular formula is C5H7N3O3. The van der Waals surface area contributed by atoms with E-state index in [2.05, 4.69) is 5.32 Å². The van der Waals surface area contributed by atoms with Crippen molar-refractivity contribution in [1.29, 1.82) is 0 Å². The van der Waals surface area contributed by atoms with E-state index in [-0.39, 0.29) is 6.29 Å². The van der Waals surface area contributed by atoms with Gasteiger partial charge in [-0.3, -0.25) is 19.8 Å². The van der Waals surface area contributed by atoms with Crippen LogP contribution in [0.15, 0.2) is 12.4 Å². The summed E-state index contributed by atoms with van der Waals surface area (Å²) in [7, 11) is 1.45. The summed E-state index contributed by atoms with van der Waals surface area (Å²) in [4.78, 5) is 21.3. The second-order valence-corrected chi connectivity index (χ2v) is 2.17. The second-order valence-electron chi connectivity index (χ2n) is 2.17. The Morgan fingerprint density at radius 3 is 2.64 bits per heavy atom. The van der Waals surface area contributed by atoms with Crippen LogP contribution >= 0.6 is 0 Å². The SMILES string of the molecule is CN1C=CNC1(C=O)[N+](=O)[O-]. The van der Waals surface area contributed by atoms with Gasteiger partial charge in [0.2, 0.25) is 6.29 Å². The van der Waals surface area contributed by atoms with E-state index in [9.17, 15) is 14.9 Å². The summed E-state index contributed by atoms with van der Waals surface area (Å²) >= 11 is 0. The van der Waals surface area contributed by atoms with E-state index in [4.69, 9.17) is 0 Å². The monoisotopic (exact) mass is 157 g/mol. The molecule has 1 unspecified atom stereocenters. The van der Waals surface area contributed by atoms with Crippen LogP contribution in [-0.4, -0.2) is 28.9 Å². The predicted molar refractivity (Wildman–Crippen MR) is 35.8 cm³/mol. The Morgan fingerprint density at radius 1 is 1.82 bits per heavy atom. The summed E-state index contributed by atoms with van der Waals surface area (Å²) in [6.07, 6.45) is 3.04. The Labute approximate surface area is 62.6 Å². The maximum Gasteiger partial charge on any atom is 0.431 e. The third-order valence-corrected chi connectivity index (χ3v) is 1.57. The Morgan fingerprint density at radius 2 is 2.45 bits per heavy atom. The van der Waals surface area contributed by atoms with Crippen LogP contribution in [0, 0.1) is 10.1 Å². The van der Waals surface area contributed by atoms with Gasteiger partial charge in [0.15, 0.2) is 0 Å². The number of hydrogen-bond acceptors (Lipinski definition) is 5. The van der Waals surface area contributed by atoms with Gasteiger partial charge in [-0.1, -0.05) is 0 Å². The Balaban J connectivity index is 2.95. The summed E-state index contributed by atoms with van der Waals surface area (Å²) in [5.41, 5.74) is 0. The molecule has 0 bridgehead atoms. The minimum absolute atomic E-state index is 0.257. The fourth-order valence-electron chi connectivity index (χ4n) is 0.829. The van der Waals surface area contributed by atoms with E-state index in [0.29, 0.717) is 0 Å². The number of nitro groups is 1. The first-order chi connectivity index (χ1) is 5.13. The van der Waals surface area contributed by atoms with Gasteiger partial charge in [0, 0.05) is 19.4 Å². The highest BCUT2D eigenvalue weighted by Crippen LogP contribution is 2.13. The van der Waals surface area contributed by atoms with E-state index in [1.54, 1.807) is 0 Å². The van der Waals surface area contributed by atoms with Gasteiger partial charge in [0.1, 0.15) is 0 Å². The van der Waals surface area contributed by atoms with Crippen molar-refractivity contribution in [2.24, 2.45) is 0 Å². The maximum atomic E-state index is 10.4. The summed E-state index contributed by atoms with van der Waals surface area (Å²) in [5.74, 6) is -1.79. The highest BCUT2D eigenvalue weighted by molar-refractivity contribution is 5.62. The third-order valence-electron chi connectivity index (χ3n) is 1.57. The molecule has 0 saturated heterocycles. The lowest BCUT2D eigenvalue weighted by Crippen LogP contribution is -2.57. The number of hydrogen-bond donors (Lipinski definition) is 1. The van der Waals surface area contributed by atoms with Crippen molar-refractivity contribution in [2.75, 3.05) is 7.05 Å². The van der Waals surface area contributed by atoms with Gasteiger partial charge in [-0.15, -0.1) is 0 Å². The molecule has 0 aromatic heterocycles. The van der Waals surface area contributed by atoms with Crippen LogP contribution in [0.5, 0.6) is 0 Å². The van der Waals surface area contributed by atoms with E-state index in [1.807, 2.05) is 0 Å². The molecule has 0 spiro atoms. The van der Waals surface area contributed by atoms with Crippen LogP contribution in [0.25, 0.3) is 0 Å². The van der Waals surface area contributed by atoms with Gasteiger partial charge >= 0.3 is 5.79 Å². The number of nitrogens with one attached hydrogen (secondary N) is 1. The van der Waals surface area contributed by atoms with Crippen molar-refractivity contribution in [3.8, 4) is 0 Å². The van der Waals surface area contributed by atoms with Gasteiger partial charge in [-0.2, -0.15) is 0 Å². The van der Waals surface area contributed by atoms with Crippen LogP contribution in [0.2, 0.25) is 0 Å². The fourth-order valence-corrected chi connectivity index (χ4v) is 0.829. The summed E-state index contributed by atoms with van der Waals surface area (Å²) in [6, 6.07) is 0. The molecule has 1 atom stereocenters. The van der Waals surface area contributed by atoms with Gasteiger partial charge in [-0.25, -0.2) is 0 Å². The molecule has 0 aromatic rings. The van der Waals surface area contributed by atoms with E-state index in [1.165, 1.54) is 24.3 Å². The number of rotatable bonds is 2. The summed E-state index contributed by atoms with van der Waals surface area (Å²) in [5, 5.41) is 12.7. The molecule has 1 N–H and O–H groups in total. The third kappa shape index (κ3) is 0.830. The average Bonchev–Trinajstić information content (AvgIpc) is 2.32. The average molecular weight is 157 g/mol. The van der Waals surface area contributed by atoms with Crippen LogP contribution in [0.1, 0.15) is 0 Å². The van der Waals surface area contributed by atoms with Gasteiger partial charge in [0.25, 0.3) is 0 Å². The smallest absolute Gasteiger partial charge is 0.301 e. The zero-order chi connectivity index (χ0) is 8.48. The molecule has 0 fully saturated rings. The first-order valence-electron chi connectivity index (χ1n) is 2.91. The van der Waals surface area contributed by atoms with Gasteiger partial charge in [-0.05, 0) is 0 Å². The Hall–Kier alpha value is -1.59. The van der Waals surface area contributed by atoms with E-state index >= 15 is 0 Å². The Bertz CT molecular complexity index is 227. The lowest BCUT2D eigenvalue weighted by molar-refractivity contribution is -0.578. The molecule has 11 heavy (non-hydrogen) atoms. The molecule has 0 amide bonds. The lowest BCUT2D eigenvalue weighted by Gasteiger charge is -2.21. The minimum atomic E-state index is -1.79. The quantitative estimate of drug-likeness (QED) is 0.320. The van der Waals surface area contributed by atoms with Crippen molar-refractivity contribution in [2.45, 2.75) is 5.79 Å². The molecule has 1 aliphatic rings. The molecule has 0 saturated carbocycles. The van der Waals surface area contributed by atoms with Crippen LogP contribution in [0.3, 0.4) is 0 Å². The molecule has 6 nitrogen and oxygen atoms in total. The molecule has 0 aromatic carbocycles. The number of carbonyl (C=O) groups excluding carboxylic acids is 1. The molecule has 0 aliphatic carbocycles. The predicted octanol–water partition coefficient (Wildman–Crippen LogP) is -0.878. The normalized spacial score (nSPS) is 28.3. The summed E-state index contributed by atoms with van der Waals surface area (Å²) < 4.78 is 0. The van der Waals surface area contributed by atoms with Gasteiger partial charge < -0.3 is 5.32 Å². The standard InChI is InChI=1S/C5H7N3O3/c1-7-3-2-6-5(7,4-9)8(10)11/h2-4,6H,1H3. The zero-order valence-corrected chi connectivity index (χ0v) is 5.85. The summed E-state index contributed by atoms with van der Waals surface area (Å²) in [6.45, 7) is 0. The number of carbonyl (C=O) groups is 1. The molecule has 1 rings (SSSR count). The fraction of sp³-hybridized carbons (Fsp3) is 0.400. The maximum absolute atomic E-state index is 10.4. The van der Waals surface area contributed by atoms with E-state index in [0.717, 1.165) is 0 Å². The Kier molecular flexibility index (Phi) is 1.52. The first-order valence-corrected chi connectivity index (χ1v) is 2.91. The van der Waals surface area contributed by atoms with Crippen LogP contribution < -0.4 is 5.32 Å². The van der Waals surface area contributed by atoms with Crippen molar-refractivity contribution < 1.29 is 9.72 Å². The highest BCUT2D eigenvalue weighted by atomic mass is 16.6. The molecule has 6 heteroatoms. The van der Waals surface area contributed by atoms with Crippen molar-refractivity contribution >= 4 is 6.29 Å². The number of aldehydes is 1. The molecular weight excluding hydrogens is 150 g/mol. The zero-order valence-electron chi connectivity index (χ0n) is 5.85. The molecule has 1 aliphatic heterocycles. The van der Waals surface area contributed by atoms with E-state index < -0.39 is 10.7 Å². The molecule has 0 radical (unpaired) electrons. The molecule has 1 heterocycles. The number of nitrogens with zero attached hydrogens (tertiary/aromatic N) is 2. The van der Waals surface area contributed by atoms with Crippen molar-refractivity contribution in [3.63, 3.8) is 0 Å². The molecule has 60 valence electrons. The van der Waals surface area contributed by atoms with Gasteiger partial charge in [0.05, 0.1) is 4.92 Å². The second kappa shape index (κ2) is 2.22. The van der Waals surface area contributed by atoms with Crippen molar-refractivity contribution in [3.05, 3.63) is 22.5 Å². The largest absolute Gasteiger partial charge is 0.431 e. The first kappa shape index (κ1) is 7.52. The topological polar surface area (TPSA) is 75.5 Å². The lowest BCUT2D eigenvalue weighted by atomic mass is 10.4. The van der Waals surface area contributed by atoms with Crippen molar-refractivity contribution in [1.82, 2.24) is 10.2 Å². The van der Waals surface area contributed by atoms with Crippen LogP contribution in [0.4, 0.5) is 0 Å². The number of likely N-dealkylation sites (N-methyl/N-ethyl adjacent to an activating group) is 1. The minimum Gasteiger partial charge on any atom is -0.301 e. The van der Waals surface area contributed by atoms with Crippen LogP contribution in [-0.2, 0) is 4.79 Å². The highest BCUT2D eigenvalue weighted by Gasteiger charge is 2.48.